The minimum absolute atomic E-state index is 0.216. The average molecular weight is 295 g/mol. The van der Waals surface area contributed by atoms with E-state index in [1.165, 1.54) is 0 Å². The quantitative estimate of drug-likeness (QED) is 0.850. The fourth-order valence-corrected chi connectivity index (χ4v) is 3.06. The molecule has 1 fully saturated rings. The Morgan fingerprint density at radius 1 is 1.45 bits per heavy atom. The second-order valence-electron chi connectivity index (χ2n) is 6.41. The van der Waals surface area contributed by atoms with Gasteiger partial charge < -0.3 is 10.0 Å². The Balaban J connectivity index is 2.19. The highest BCUT2D eigenvalue weighted by Crippen LogP contribution is 2.35. The molecule has 1 N–H and O–H groups in total. The molecular weight excluding hydrogens is 274 g/mol. The van der Waals surface area contributed by atoms with Gasteiger partial charge in [0.15, 0.2) is 0 Å². The molecule has 1 aromatic rings. The van der Waals surface area contributed by atoms with Crippen LogP contribution in [0, 0.1) is 11.3 Å². The van der Waals surface area contributed by atoms with Gasteiger partial charge in [-0.05, 0) is 29.7 Å². The van der Waals surface area contributed by atoms with Gasteiger partial charge in [-0.2, -0.15) is 0 Å². The van der Waals surface area contributed by atoms with Crippen LogP contribution in [0.25, 0.3) is 0 Å². The first-order valence-electron chi connectivity index (χ1n) is 6.86. The molecule has 1 amide bonds. The summed E-state index contributed by atoms with van der Waals surface area (Å²) >= 11 is 1.60. The van der Waals surface area contributed by atoms with Crippen molar-refractivity contribution in [1.82, 2.24) is 4.90 Å². The predicted octanol–water partition coefficient (Wildman–Crippen LogP) is 2.99. The summed E-state index contributed by atoms with van der Waals surface area (Å²) in [6.45, 7) is 5.95. The minimum Gasteiger partial charge on any atom is -0.481 e. The number of hydrogen-bond acceptors (Lipinski definition) is 3. The van der Waals surface area contributed by atoms with Crippen LogP contribution in [0.15, 0.2) is 17.5 Å². The highest BCUT2D eigenvalue weighted by atomic mass is 32.1. The van der Waals surface area contributed by atoms with Crippen molar-refractivity contribution < 1.29 is 14.7 Å². The van der Waals surface area contributed by atoms with Crippen molar-refractivity contribution in [2.24, 2.45) is 11.3 Å². The maximum absolute atomic E-state index is 12.7. The molecular formula is C15H21NO3S. The zero-order chi connectivity index (χ0) is 14.9. The van der Waals surface area contributed by atoms with Crippen molar-refractivity contribution in [3.05, 3.63) is 22.4 Å². The Kier molecular flexibility index (Phi) is 4.18. The molecule has 1 unspecified atom stereocenters. The van der Waals surface area contributed by atoms with E-state index in [2.05, 4.69) is 0 Å². The van der Waals surface area contributed by atoms with Gasteiger partial charge in [0, 0.05) is 10.9 Å². The van der Waals surface area contributed by atoms with Crippen molar-refractivity contribution >= 4 is 23.2 Å². The third kappa shape index (κ3) is 3.39. The molecule has 0 radical (unpaired) electrons. The lowest BCUT2D eigenvalue weighted by atomic mass is 9.79. The van der Waals surface area contributed by atoms with Crippen molar-refractivity contribution in [2.75, 3.05) is 0 Å². The van der Waals surface area contributed by atoms with Crippen LogP contribution in [0.5, 0.6) is 0 Å². The third-order valence-corrected chi connectivity index (χ3v) is 4.40. The zero-order valence-corrected chi connectivity index (χ0v) is 12.9. The first-order chi connectivity index (χ1) is 9.30. The molecule has 1 aliphatic rings. The van der Waals surface area contributed by atoms with Crippen molar-refractivity contribution in [2.45, 2.75) is 46.2 Å². The normalized spacial score (nSPS) is 16.8. The van der Waals surface area contributed by atoms with Crippen LogP contribution in [0.3, 0.4) is 0 Å². The number of hydrogen-bond donors (Lipinski definition) is 1. The van der Waals surface area contributed by atoms with Gasteiger partial charge in [-0.15, -0.1) is 11.3 Å². The van der Waals surface area contributed by atoms with Crippen LogP contribution in [-0.4, -0.2) is 27.9 Å². The van der Waals surface area contributed by atoms with Gasteiger partial charge in [0.25, 0.3) is 0 Å². The molecule has 0 bridgehead atoms. The van der Waals surface area contributed by atoms with E-state index >= 15 is 0 Å². The van der Waals surface area contributed by atoms with E-state index in [4.69, 9.17) is 0 Å². The van der Waals surface area contributed by atoms with Gasteiger partial charge in [0.1, 0.15) is 5.92 Å². The average Bonchev–Trinajstić information content (AvgIpc) is 3.00. The minimum atomic E-state index is -1.03. The van der Waals surface area contributed by atoms with Crippen LogP contribution >= 0.6 is 11.3 Å². The zero-order valence-electron chi connectivity index (χ0n) is 12.1. The van der Waals surface area contributed by atoms with Gasteiger partial charge in [-0.3, -0.25) is 9.59 Å². The van der Waals surface area contributed by atoms with Crippen LogP contribution in [0.2, 0.25) is 0 Å². The summed E-state index contributed by atoms with van der Waals surface area (Å²) in [6.07, 6.45) is 1.96. The SMILES string of the molecule is CC(C)(C)C(C(=O)O)C(=O)N(Cc1cccs1)C1CC1. The van der Waals surface area contributed by atoms with Crippen molar-refractivity contribution in [3.63, 3.8) is 0 Å². The Labute approximate surface area is 123 Å². The molecule has 1 heterocycles. The number of rotatable bonds is 5. The molecule has 20 heavy (non-hydrogen) atoms. The van der Waals surface area contributed by atoms with Crippen LogP contribution in [-0.2, 0) is 16.1 Å². The largest absolute Gasteiger partial charge is 0.481 e. The van der Waals surface area contributed by atoms with E-state index in [0.29, 0.717) is 6.54 Å². The third-order valence-electron chi connectivity index (χ3n) is 3.54. The molecule has 1 saturated carbocycles. The van der Waals surface area contributed by atoms with Gasteiger partial charge in [0.05, 0.1) is 6.54 Å². The molecule has 0 aromatic carbocycles. The summed E-state index contributed by atoms with van der Waals surface area (Å²) in [6, 6.07) is 4.16. The lowest BCUT2D eigenvalue weighted by molar-refractivity contribution is -0.156. The van der Waals surface area contributed by atoms with Crippen molar-refractivity contribution in [3.8, 4) is 0 Å². The predicted molar refractivity (Wildman–Crippen MR) is 78.5 cm³/mol. The standard InChI is InChI=1S/C15H21NO3S/c1-15(2,3)12(14(18)19)13(17)16(10-6-7-10)9-11-5-4-8-20-11/h4-5,8,10,12H,6-7,9H2,1-3H3,(H,18,19). The summed E-state index contributed by atoms with van der Waals surface area (Å²) in [5, 5.41) is 11.4. The Hall–Kier alpha value is -1.36. The molecule has 1 aromatic heterocycles. The lowest BCUT2D eigenvalue weighted by Gasteiger charge is -2.32. The first kappa shape index (κ1) is 15.0. The first-order valence-corrected chi connectivity index (χ1v) is 7.74. The maximum atomic E-state index is 12.7. The topological polar surface area (TPSA) is 57.6 Å². The van der Waals surface area contributed by atoms with Gasteiger partial charge in [-0.1, -0.05) is 26.8 Å². The number of amides is 1. The number of nitrogens with zero attached hydrogens (tertiary/aromatic N) is 1. The van der Waals surface area contributed by atoms with E-state index in [1.54, 1.807) is 37.0 Å². The summed E-state index contributed by atoms with van der Waals surface area (Å²) in [4.78, 5) is 27.0. The smallest absolute Gasteiger partial charge is 0.316 e. The Bertz CT molecular complexity index is 486. The molecule has 1 atom stereocenters. The van der Waals surface area contributed by atoms with E-state index < -0.39 is 17.3 Å². The molecule has 0 aliphatic heterocycles. The number of carboxylic acids is 1. The lowest BCUT2D eigenvalue weighted by Crippen LogP contribution is -2.45. The second kappa shape index (κ2) is 5.56. The summed E-state index contributed by atoms with van der Waals surface area (Å²) in [5.41, 5.74) is -0.578. The molecule has 0 spiro atoms. The fraction of sp³-hybridized carbons (Fsp3) is 0.600. The molecule has 0 saturated heterocycles. The summed E-state index contributed by atoms with van der Waals surface area (Å²) in [7, 11) is 0. The molecule has 2 rings (SSSR count). The molecule has 5 heteroatoms. The van der Waals surface area contributed by atoms with E-state index in [1.807, 2.05) is 17.5 Å². The summed E-state index contributed by atoms with van der Waals surface area (Å²) in [5.74, 6) is -2.26. The Morgan fingerprint density at radius 2 is 2.10 bits per heavy atom. The van der Waals surface area contributed by atoms with Crippen molar-refractivity contribution in [1.29, 1.82) is 0 Å². The van der Waals surface area contributed by atoms with Gasteiger partial charge in [-0.25, -0.2) is 0 Å². The number of thiophene rings is 1. The Morgan fingerprint density at radius 3 is 2.50 bits per heavy atom. The second-order valence-corrected chi connectivity index (χ2v) is 7.45. The molecule has 4 nitrogen and oxygen atoms in total. The summed E-state index contributed by atoms with van der Waals surface area (Å²) < 4.78 is 0. The highest BCUT2D eigenvalue weighted by Gasteiger charge is 2.44. The maximum Gasteiger partial charge on any atom is 0.316 e. The molecule has 1 aliphatic carbocycles. The van der Waals surface area contributed by atoms with E-state index in [9.17, 15) is 14.7 Å². The number of carboxylic acid groups (broad SMARTS) is 1. The number of aliphatic carboxylic acids is 1. The number of carbonyl (C=O) groups is 2. The van der Waals surface area contributed by atoms with Crippen LogP contribution in [0.1, 0.15) is 38.5 Å². The van der Waals surface area contributed by atoms with Gasteiger partial charge >= 0.3 is 5.97 Å². The number of carbonyl (C=O) groups excluding carboxylic acids is 1. The highest BCUT2D eigenvalue weighted by molar-refractivity contribution is 7.09. The monoisotopic (exact) mass is 295 g/mol. The molecule has 110 valence electrons. The van der Waals surface area contributed by atoms with E-state index in [-0.39, 0.29) is 11.9 Å². The van der Waals surface area contributed by atoms with E-state index in [0.717, 1.165) is 17.7 Å². The van der Waals surface area contributed by atoms with Crippen LogP contribution < -0.4 is 0 Å². The fourth-order valence-electron chi connectivity index (χ4n) is 2.36. The van der Waals surface area contributed by atoms with Crippen LogP contribution in [0.4, 0.5) is 0 Å². The van der Waals surface area contributed by atoms with Gasteiger partial charge in [0.2, 0.25) is 5.91 Å².